The van der Waals surface area contributed by atoms with Crippen molar-refractivity contribution in [1.29, 1.82) is 0 Å². The number of aromatic nitrogens is 4. The molecule has 4 aromatic rings. The number of nitrogens with zero attached hydrogens (tertiary/aromatic N) is 4. The number of fused-ring (bicyclic) bond motifs is 1. The Balaban J connectivity index is 1.51. The third-order valence-electron chi connectivity index (χ3n) is 4.67. The minimum Gasteiger partial charge on any atom is -0.491 e. The largest absolute Gasteiger partial charge is 0.491 e. The number of ether oxygens (including phenoxy) is 1. The second-order valence-corrected chi connectivity index (χ2v) is 7.26. The molecule has 0 aliphatic rings. The van der Waals surface area contributed by atoms with Crippen LogP contribution in [-0.2, 0) is 6.54 Å². The summed E-state index contributed by atoms with van der Waals surface area (Å²) in [6, 6.07) is 11.6. The molecule has 0 saturated carbocycles. The molecule has 2 aromatic heterocycles. The van der Waals surface area contributed by atoms with E-state index in [0.717, 1.165) is 11.1 Å². The van der Waals surface area contributed by atoms with Gasteiger partial charge in [-0.15, -0.1) is 0 Å². The zero-order valence-electron chi connectivity index (χ0n) is 16.6. The van der Waals surface area contributed by atoms with Crippen molar-refractivity contribution in [2.75, 3.05) is 6.61 Å². The van der Waals surface area contributed by atoms with Crippen LogP contribution >= 0.6 is 0 Å². The maximum Gasteiger partial charge on any atom is 0.264 e. The van der Waals surface area contributed by atoms with Crippen molar-refractivity contribution in [2.24, 2.45) is 0 Å². The highest BCUT2D eigenvalue weighted by Crippen LogP contribution is 2.17. The van der Waals surface area contributed by atoms with E-state index in [1.807, 2.05) is 32.0 Å². The number of halogens is 1. The van der Waals surface area contributed by atoms with E-state index in [1.54, 1.807) is 12.1 Å². The van der Waals surface area contributed by atoms with E-state index in [2.05, 4.69) is 10.1 Å². The van der Waals surface area contributed by atoms with E-state index in [-0.39, 0.29) is 24.5 Å². The van der Waals surface area contributed by atoms with Crippen molar-refractivity contribution >= 4 is 11.0 Å². The first-order valence-electron chi connectivity index (χ1n) is 9.49. The number of benzene rings is 2. The van der Waals surface area contributed by atoms with Gasteiger partial charge < -0.3 is 9.84 Å². The van der Waals surface area contributed by atoms with E-state index in [9.17, 15) is 14.3 Å². The fourth-order valence-electron chi connectivity index (χ4n) is 3.34. The van der Waals surface area contributed by atoms with Crippen LogP contribution < -0.4 is 10.3 Å². The Morgan fingerprint density at radius 2 is 1.83 bits per heavy atom. The monoisotopic (exact) mass is 408 g/mol. The predicted octanol–water partition coefficient (Wildman–Crippen LogP) is 2.78. The lowest BCUT2D eigenvalue weighted by Gasteiger charge is -2.14. The van der Waals surface area contributed by atoms with Crippen LogP contribution in [0.5, 0.6) is 5.75 Å². The normalized spacial score (nSPS) is 12.3. The molecule has 2 aromatic carbocycles. The summed E-state index contributed by atoms with van der Waals surface area (Å²) >= 11 is 0. The Morgan fingerprint density at radius 1 is 1.13 bits per heavy atom. The van der Waals surface area contributed by atoms with E-state index in [0.29, 0.717) is 22.5 Å². The molecule has 2 heterocycles. The van der Waals surface area contributed by atoms with Gasteiger partial charge in [-0.3, -0.25) is 9.36 Å². The average molecular weight is 408 g/mol. The molecule has 0 bridgehead atoms. The quantitative estimate of drug-likeness (QED) is 0.531. The molecule has 154 valence electrons. The molecule has 4 rings (SSSR count). The van der Waals surface area contributed by atoms with E-state index >= 15 is 0 Å². The van der Waals surface area contributed by atoms with Crippen LogP contribution in [0.1, 0.15) is 11.1 Å². The molecule has 0 aliphatic heterocycles. The molecule has 1 unspecified atom stereocenters. The first-order chi connectivity index (χ1) is 14.4. The SMILES string of the molecule is Cc1cc(C)cc(OCC(O)Cn2cnc3c(cnn3-c3ccc(F)cc3)c2=O)c1. The number of rotatable bonds is 6. The molecule has 1 N–H and O–H groups in total. The van der Waals surface area contributed by atoms with Crippen LogP contribution in [0.25, 0.3) is 16.7 Å². The molecule has 0 amide bonds. The molecule has 0 aliphatic carbocycles. The van der Waals surface area contributed by atoms with Crippen LogP contribution in [0.2, 0.25) is 0 Å². The van der Waals surface area contributed by atoms with Crippen molar-refractivity contribution in [3.8, 4) is 11.4 Å². The summed E-state index contributed by atoms with van der Waals surface area (Å²) in [5, 5.41) is 14.8. The first kappa shape index (κ1) is 19.8. The zero-order valence-corrected chi connectivity index (χ0v) is 16.6. The summed E-state index contributed by atoms with van der Waals surface area (Å²) < 4.78 is 21.6. The van der Waals surface area contributed by atoms with Gasteiger partial charge in [0.2, 0.25) is 0 Å². The van der Waals surface area contributed by atoms with E-state index in [4.69, 9.17) is 4.74 Å². The van der Waals surface area contributed by atoms with Gasteiger partial charge in [-0.2, -0.15) is 5.10 Å². The molecule has 1 atom stereocenters. The molecule has 7 nitrogen and oxygen atoms in total. The highest BCUT2D eigenvalue weighted by molar-refractivity contribution is 5.74. The molecule has 30 heavy (non-hydrogen) atoms. The Bertz CT molecular complexity index is 1230. The second-order valence-electron chi connectivity index (χ2n) is 7.26. The van der Waals surface area contributed by atoms with Gasteiger partial charge in [-0.1, -0.05) is 6.07 Å². The Kier molecular flexibility index (Phi) is 5.33. The Hall–Kier alpha value is -3.52. The maximum absolute atomic E-state index is 13.2. The highest BCUT2D eigenvalue weighted by Gasteiger charge is 2.14. The summed E-state index contributed by atoms with van der Waals surface area (Å²) in [5.41, 5.74) is 2.78. The second kappa shape index (κ2) is 8.08. The fourth-order valence-corrected chi connectivity index (χ4v) is 3.34. The molecule has 0 radical (unpaired) electrons. The van der Waals surface area contributed by atoms with Crippen LogP contribution in [0.4, 0.5) is 4.39 Å². The number of hydrogen-bond acceptors (Lipinski definition) is 5. The third kappa shape index (κ3) is 4.08. The van der Waals surface area contributed by atoms with Crippen LogP contribution in [-0.4, -0.2) is 37.1 Å². The van der Waals surface area contributed by atoms with Crippen molar-refractivity contribution in [1.82, 2.24) is 19.3 Å². The van der Waals surface area contributed by atoms with Crippen molar-refractivity contribution in [3.63, 3.8) is 0 Å². The molecule has 0 fully saturated rings. The van der Waals surface area contributed by atoms with Gasteiger partial charge in [-0.25, -0.2) is 14.1 Å². The zero-order chi connectivity index (χ0) is 21.3. The summed E-state index contributed by atoms with van der Waals surface area (Å²) in [4.78, 5) is 17.1. The fraction of sp³-hybridized carbons (Fsp3) is 0.227. The number of aliphatic hydroxyl groups excluding tert-OH is 1. The lowest BCUT2D eigenvalue weighted by Crippen LogP contribution is -2.30. The average Bonchev–Trinajstić information content (AvgIpc) is 3.13. The minimum absolute atomic E-state index is 0.0360. The van der Waals surface area contributed by atoms with E-state index in [1.165, 1.54) is 33.9 Å². The topological polar surface area (TPSA) is 82.2 Å². The van der Waals surface area contributed by atoms with Gasteiger partial charge in [0.15, 0.2) is 5.65 Å². The predicted molar refractivity (Wildman–Crippen MR) is 111 cm³/mol. The van der Waals surface area contributed by atoms with Gasteiger partial charge in [0.05, 0.1) is 18.4 Å². The first-order valence-corrected chi connectivity index (χ1v) is 9.49. The summed E-state index contributed by atoms with van der Waals surface area (Å²) in [6.45, 7) is 4.03. The van der Waals surface area contributed by atoms with Crippen LogP contribution in [0, 0.1) is 19.7 Å². The molecular weight excluding hydrogens is 387 g/mol. The van der Waals surface area contributed by atoms with Gasteiger partial charge in [0, 0.05) is 0 Å². The Labute approximate surface area is 172 Å². The smallest absolute Gasteiger partial charge is 0.264 e. The number of aryl methyl sites for hydroxylation is 2. The molecule has 0 saturated heterocycles. The van der Waals surface area contributed by atoms with Gasteiger partial charge in [0.25, 0.3) is 5.56 Å². The highest BCUT2D eigenvalue weighted by atomic mass is 19.1. The molecule has 0 spiro atoms. The van der Waals surface area contributed by atoms with Crippen LogP contribution in [0.3, 0.4) is 0 Å². The van der Waals surface area contributed by atoms with Crippen LogP contribution in [0.15, 0.2) is 59.8 Å². The number of hydrogen-bond donors (Lipinski definition) is 1. The van der Waals surface area contributed by atoms with Gasteiger partial charge >= 0.3 is 0 Å². The summed E-state index contributed by atoms with van der Waals surface area (Å²) in [6.07, 6.45) is 1.89. The lowest BCUT2D eigenvalue weighted by atomic mass is 10.1. The van der Waals surface area contributed by atoms with Crippen molar-refractivity contribution in [3.05, 3.63) is 82.3 Å². The molecule has 8 heteroatoms. The minimum atomic E-state index is -0.894. The van der Waals surface area contributed by atoms with E-state index < -0.39 is 6.10 Å². The standard InChI is InChI=1S/C22H21FN4O3/c1-14-7-15(2)9-19(8-14)30-12-18(28)11-26-13-24-21-20(22(26)29)10-25-27(21)17-5-3-16(23)4-6-17/h3-10,13,18,28H,11-12H2,1-2H3. The van der Waals surface area contributed by atoms with Gasteiger partial charge in [-0.05, 0) is 61.4 Å². The lowest BCUT2D eigenvalue weighted by molar-refractivity contribution is 0.0914. The van der Waals surface area contributed by atoms with Gasteiger partial charge in [0.1, 0.15) is 36.0 Å². The summed E-state index contributed by atoms with van der Waals surface area (Å²) in [7, 11) is 0. The number of aliphatic hydroxyl groups is 1. The Morgan fingerprint density at radius 3 is 2.53 bits per heavy atom. The summed E-state index contributed by atoms with van der Waals surface area (Å²) in [5.74, 6) is 0.315. The molecular formula is C22H21FN4O3. The third-order valence-corrected chi connectivity index (χ3v) is 4.67. The van der Waals surface area contributed by atoms with Crippen molar-refractivity contribution in [2.45, 2.75) is 26.5 Å². The maximum atomic E-state index is 13.2. The van der Waals surface area contributed by atoms with Crippen molar-refractivity contribution < 1.29 is 14.2 Å².